The summed E-state index contributed by atoms with van der Waals surface area (Å²) in [6, 6.07) is 21.3. The Balaban J connectivity index is 1.38. The van der Waals surface area contributed by atoms with Gasteiger partial charge in [0.05, 0.1) is 22.4 Å². The molecule has 0 radical (unpaired) electrons. The van der Waals surface area contributed by atoms with Gasteiger partial charge >= 0.3 is 0 Å². The molecule has 5 nitrogen and oxygen atoms in total. The predicted molar refractivity (Wildman–Crippen MR) is 145 cm³/mol. The highest BCUT2D eigenvalue weighted by Gasteiger charge is 2.14. The average molecular weight is 490 g/mol. The Morgan fingerprint density at radius 2 is 1.85 bits per heavy atom. The number of hydrogen-bond donors (Lipinski definition) is 2. The second-order valence-electron chi connectivity index (χ2n) is 8.50. The van der Waals surface area contributed by atoms with Crippen LogP contribution in [-0.2, 0) is 0 Å². The lowest BCUT2D eigenvalue weighted by Crippen LogP contribution is -2.34. The van der Waals surface area contributed by atoms with Crippen LogP contribution in [0.4, 0.5) is 5.69 Å². The summed E-state index contributed by atoms with van der Waals surface area (Å²) in [7, 11) is 0. The van der Waals surface area contributed by atoms with E-state index in [-0.39, 0.29) is 11.0 Å². The fourth-order valence-corrected chi connectivity index (χ4v) is 4.65. The molecule has 1 heterocycles. The minimum atomic E-state index is -0.306. The lowest BCUT2D eigenvalue weighted by Gasteiger charge is -2.14. The van der Waals surface area contributed by atoms with Crippen LogP contribution in [-0.4, -0.2) is 22.6 Å². The number of thiocarbonyl (C=S) groups is 1. The number of anilines is 1. The Morgan fingerprint density at radius 1 is 1.09 bits per heavy atom. The molecule has 0 bridgehead atoms. The van der Waals surface area contributed by atoms with Crippen LogP contribution in [0.1, 0.15) is 36.2 Å². The minimum absolute atomic E-state index is 0.227. The second-order valence-corrected chi connectivity index (χ2v) is 9.94. The fraction of sp³-hybridized carbons (Fsp3) is 0.222. The van der Waals surface area contributed by atoms with E-state index in [2.05, 4.69) is 49.6 Å². The summed E-state index contributed by atoms with van der Waals surface area (Å²) >= 11 is 7.04. The number of fused-ring (bicyclic) bond motifs is 1. The van der Waals surface area contributed by atoms with Gasteiger partial charge in [0.2, 0.25) is 0 Å². The van der Waals surface area contributed by atoms with Crippen molar-refractivity contribution in [1.29, 1.82) is 0 Å². The van der Waals surface area contributed by atoms with E-state index in [1.54, 1.807) is 23.5 Å². The molecule has 34 heavy (non-hydrogen) atoms. The molecule has 3 aromatic carbocycles. The molecule has 4 aromatic rings. The number of hydrogen-bond acceptors (Lipinski definition) is 5. The van der Waals surface area contributed by atoms with Gasteiger partial charge < -0.3 is 10.1 Å². The number of nitrogens with one attached hydrogen (secondary N) is 2. The maximum Gasteiger partial charge on any atom is 0.261 e. The van der Waals surface area contributed by atoms with Gasteiger partial charge in [0.25, 0.3) is 5.91 Å². The van der Waals surface area contributed by atoms with Crippen LogP contribution in [0.2, 0.25) is 0 Å². The van der Waals surface area contributed by atoms with E-state index in [1.165, 1.54) is 10.3 Å². The Bertz CT molecular complexity index is 1310. The SMILES string of the molecule is Cc1ccc2nc(-c3ccc(NC(=S)NC(=O)c4ccccc4OCCC(C)C)cc3)sc2c1. The normalized spacial score (nSPS) is 10.9. The Kier molecular flexibility index (Phi) is 7.55. The van der Waals surface area contributed by atoms with Crippen molar-refractivity contribution in [3.63, 3.8) is 0 Å². The molecule has 1 aromatic heterocycles. The van der Waals surface area contributed by atoms with Crippen molar-refractivity contribution < 1.29 is 9.53 Å². The highest BCUT2D eigenvalue weighted by atomic mass is 32.1. The van der Waals surface area contributed by atoms with Gasteiger partial charge in [0.1, 0.15) is 10.8 Å². The number of ether oxygens (including phenoxy) is 1. The summed E-state index contributed by atoms with van der Waals surface area (Å²) in [6.45, 7) is 6.92. The summed E-state index contributed by atoms with van der Waals surface area (Å²) in [4.78, 5) is 17.5. The standard InChI is InChI=1S/C27H27N3O2S2/c1-17(2)14-15-32-23-7-5-4-6-21(23)25(31)30-27(33)28-20-11-9-19(10-12-20)26-29-22-13-8-18(3)16-24(22)34-26/h4-13,16-17H,14-15H2,1-3H3,(H2,28,30,31,33). The Hall–Kier alpha value is -3.29. The highest BCUT2D eigenvalue weighted by molar-refractivity contribution is 7.80. The maximum absolute atomic E-state index is 12.8. The summed E-state index contributed by atoms with van der Waals surface area (Å²) in [5, 5.41) is 7.02. The van der Waals surface area contributed by atoms with Crippen LogP contribution >= 0.6 is 23.6 Å². The van der Waals surface area contributed by atoms with Crippen LogP contribution in [0.25, 0.3) is 20.8 Å². The van der Waals surface area contributed by atoms with E-state index < -0.39 is 0 Å². The number of thiazole rings is 1. The van der Waals surface area contributed by atoms with Crippen LogP contribution in [0.15, 0.2) is 66.7 Å². The van der Waals surface area contributed by atoms with Crippen molar-refractivity contribution in [2.75, 3.05) is 11.9 Å². The summed E-state index contributed by atoms with van der Waals surface area (Å²) in [6.07, 6.45) is 0.919. The van der Waals surface area contributed by atoms with E-state index in [9.17, 15) is 4.79 Å². The number of rotatable bonds is 7. The Labute approximate surface area is 209 Å². The molecule has 0 atom stereocenters. The Morgan fingerprint density at radius 3 is 2.62 bits per heavy atom. The average Bonchev–Trinajstić information content (AvgIpc) is 3.22. The highest BCUT2D eigenvalue weighted by Crippen LogP contribution is 2.31. The number of amides is 1. The first-order valence-electron chi connectivity index (χ1n) is 11.2. The van der Waals surface area contributed by atoms with E-state index in [1.807, 2.05) is 36.4 Å². The predicted octanol–water partition coefficient (Wildman–Crippen LogP) is 6.82. The number of carbonyl (C=O) groups excluding carboxylic acids is 1. The molecule has 2 N–H and O–H groups in total. The van der Waals surface area contributed by atoms with Crippen molar-refractivity contribution in [3.8, 4) is 16.3 Å². The fourth-order valence-electron chi connectivity index (χ4n) is 3.37. The molecule has 0 saturated heterocycles. The van der Waals surface area contributed by atoms with Gasteiger partial charge in [-0.15, -0.1) is 11.3 Å². The quantitative estimate of drug-likeness (QED) is 0.279. The summed E-state index contributed by atoms with van der Waals surface area (Å²) < 4.78 is 7.00. The number of aryl methyl sites for hydroxylation is 1. The van der Waals surface area contributed by atoms with Crippen molar-refractivity contribution in [1.82, 2.24) is 10.3 Å². The molecule has 0 aliphatic rings. The van der Waals surface area contributed by atoms with Gasteiger partial charge in [0, 0.05) is 11.3 Å². The first kappa shape index (κ1) is 23.9. The summed E-state index contributed by atoms with van der Waals surface area (Å²) in [5.41, 5.74) is 4.50. The molecule has 4 rings (SSSR count). The van der Waals surface area contributed by atoms with E-state index in [0.717, 1.165) is 28.2 Å². The topological polar surface area (TPSA) is 63.2 Å². The van der Waals surface area contributed by atoms with Gasteiger partial charge in [0.15, 0.2) is 5.11 Å². The van der Waals surface area contributed by atoms with Crippen molar-refractivity contribution in [3.05, 3.63) is 77.9 Å². The van der Waals surface area contributed by atoms with Crippen molar-refractivity contribution in [2.45, 2.75) is 27.2 Å². The lowest BCUT2D eigenvalue weighted by atomic mass is 10.1. The molecule has 0 saturated carbocycles. The second kappa shape index (κ2) is 10.8. The molecule has 0 aliphatic carbocycles. The molecular formula is C27H27N3O2S2. The molecule has 0 unspecified atom stereocenters. The monoisotopic (exact) mass is 489 g/mol. The number of carbonyl (C=O) groups is 1. The van der Waals surface area contributed by atoms with Crippen LogP contribution < -0.4 is 15.4 Å². The first-order valence-corrected chi connectivity index (χ1v) is 12.4. The molecule has 0 spiro atoms. The van der Waals surface area contributed by atoms with Crippen LogP contribution in [0, 0.1) is 12.8 Å². The zero-order chi connectivity index (χ0) is 24.1. The number of nitrogens with zero attached hydrogens (tertiary/aromatic N) is 1. The van der Waals surface area contributed by atoms with Crippen molar-refractivity contribution >= 4 is 50.5 Å². The molecule has 0 aliphatic heterocycles. The third kappa shape index (κ3) is 5.98. The van der Waals surface area contributed by atoms with Gasteiger partial charge in [-0.2, -0.15) is 0 Å². The summed E-state index contributed by atoms with van der Waals surface area (Å²) in [5.74, 6) is 0.779. The molecule has 1 amide bonds. The number of para-hydroxylation sites is 1. The van der Waals surface area contributed by atoms with Crippen LogP contribution in [0.3, 0.4) is 0 Å². The number of benzene rings is 3. The zero-order valence-corrected chi connectivity index (χ0v) is 21.1. The largest absolute Gasteiger partial charge is 0.493 e. The van der Waals surface area contributed by atoms with Gasteiger partial charge in [-0.1, -0.05) is 32.0 Å². The van der Waals surface area contributed by atoms with E-state index in [0.29, 0.717) is 23.8 Å². The first-order chi connectivity index (χ1) is 16.4. The molecule has 174 valence electrons. The van der Waals surface area contributed by atoms with Gasteiger partial charge in [-0.05, 0) is 85.6 Å². The third-order valence-electron chi connectivity index (χ3n) is 5.25. The third-order valence-corrected chi connectivity index (χ3v) is 6.52. The molecule has 7 heteroatoms. The lowest BCUT2D eigenvalue weighted by molar-refractivity contribution is 0.0973. The zero-order valence-electron chi connectivity index (χ0n) is 19.4. The van der Waals surface area contributed by atoms with Crippen LogP contribution in [0.5, 0.6) is 5.75 Å². The minimum Gasteiger partial charge on any atom is -0.493 e. The molecular weight excluding hydrogens is 462 g/mol. The molecule has 0 fully saturated rings. The van der Waals surface area contributed by atoms with E-state index >= 15 is 0 Å². The number of aromatic nitrogens is 1. The van der Waals surface area contributed by atoms with Crippen molar-refractivity contribution in [2.24, 2.45) is 5.92 Å². The van der Waals surface area contributed by atoms with Gasteiger partial charge in [-0.3, -0.25) is 10.1 Å². The maximum atomic E-state index is 12.8. The van der Waals surface area contributed by atoms with Gasteiger partial charge in [-0.25, -0.2) is 4.98 Å². The smallest absolute Gasteiger partial charge is 0.261 e. The van der Waals surface area contributed by atoms with E-state index in [4.69, 9.17) is 21.9 Å².